The molecule has 45 heavy (non-hydrogen) atoms. The normalized spacial score (nSPS) is 14.9. The van der Waals surface area contributed by atoms with Gasteiger partial charge in [-0.15, -0.1) is 0 Å². The van der Waals surface area contributed by atoms with E-state index in [1.807, 2.05) is 0 Å². The SMILES string of the molecule is O=C(NC1CC1)c1ccc(-c2[nH]nc3nccc(Oc4ccc(NC(=O)C5(C(=O)Nc6ccc(F)cc6)CC5)cc4F)c23)cc1. The van der Waals surface area contributed by atoms with E-state index in [0.29, 0.717) is 46.6 Å². The Hall–Kier alpha value is -5.65. The van der Waals surface area contributed by atoms with Crippen LogP contribution in [0.2, 0.25) is 0 Å². The van der Waals surface area contributed by atoms with Crippen LogP contribution in [0.3, 0.4) is 0 Å². The second kappa shape index (κ2) is 11.1. The summed E-state index contributed by atoms with van der Waals surface area (Å²) in [5.41, 5.74) is 1.44. The maximum atomic E-state index is 15.3. The number of nitrogens with zero attached hydrogens (tertiary/aromatic N) is 2. The first-order valence-corrected chi connectivity index (χ1v) is 14.4. The van der Waals surface area contributed by atoms with Crippen molar-refractivity contribution in [2.45, 2.75) is 31.7 Å². The summed E-state index contributed by atoms with van der Waals surface area (Å²) in [6.45, 7) is 0. The van der Waals surface area contributed by atoms with E-state index in [4.69, 9.17) is 4.74 Å². The van der Waals surface area contributed by atoms with E-state index in [1.54, 1.807) is 30.3 Å². The lowest BCUT2D eigenvalue weighted by Gasteiger charge is -2.16. The molecule has 0 spiro atoms. The Labute approximate surface area is 255 Å². The number of fused-ring (bicyclic) bond motifs is 1. The Morgan fingerprint density at radius 3 is 2.20 bits per heavy atom. The lowest BCUT2D eigenvalue weighted by molar-refractivity contribution is -0.131. The van der Waals surface area contributed by atoms with E-state index >= 15 is 4.39 Å². The Bertz CT molecular complexity index is 1950. The molecule has 3 amide bonds. The molecule has 2 fully saturated rings. The zero-order valence-corrected chi connectivity index (χ0v) is 23.7. The summed E-state index contributed by atoms with van der Waals surface area (Å²) in [6, 6.07) is 18.1. The van der Waals surface area contributed by atoms with Crippen LogP contribution in [0.4, 0.5) is 20.2 Å². The molecule has 226 valence electrons. The topological polar surface area (TPSA) is 138 Å². The number of rotatable bonds is 9. The average Bonchev–Trinajstić information content (AvgIpc) is 3.98. The number of aromatic nitrogens is 3. The number of benzene rings is 3. The third-order valence-corrected chi connectivity index (χ3v) is 7.90. The van der Waals surface area contributed by atoms with Gasteiger partial charge < -0.3 is 20.7 Å². The number of carbonyl (C=O) groups excluding carboxylic acids is 3. The number of hydrogen-bond acceptors (Lipinski definition) is 6. The van der Waals surface area contributed by atoms with Crippen LogP contribution in [0.25, 0.3) is 22.3 Å². The molecule has 0 saturated heterocycles. The minimum absolute atomic E-state index is 0.102. The highest BCUT2D eigenvalue weighted by molar-refractivity contribution is 6.17. The zero-order valence-electron chi connectivity index (χ0n) is 23.7. The van der Waals surface area contributed by atoms with Crippen molar-refractivity contribution in [1.82, 2.24) is 20.5 Å². The van der Waals surface area contributed by atoms with Gasteiger partial charge in [0.2, 0.25) is 11.8 Å². The highest BCUT2D eigenvalue weighted by Gasteiger charge is 2.56. The molecule has 0 bridgehead atoms. The molecule has 10 nitrogen and oxygen atoms in total. The number of amides is 3. The molecule has 4 N–H and O–H groups in total. The third-order valence-electron chi connectivity index (χ3n) is 7.90. The molecule has 3 aromatic carbocycles. The Kier molecular flexibility index (Phi) is 6.96. The predicted molar refractivity (Wildman–Crippen MR) is 162 cm³/mol. The van der Waals surface area contributed by atoms with Crippen molar-refractivity contribution >= 4 is 40.1 Å². The Balaban J connectivity index is 1.06. The van der Waals surface area contributed by atoms with Gasteiger partial charge in [-0.05, 0) is 80.3 Å². The molecule has 0 radical (unpaired) electrons. The highest BCUT2D eigenvalue weighted by Crippen LogP contribution is 2.47. The number of halogens is 2. The van der Waals surface area contributed by atoms with Gasteiger partial charge in [0.25, 0.3) is 5.91 Å². The molecule has 2 heterocycles. The fourth-order valence-electron chi connectivity index (χ4n) is 4.99. The van der Waals surface area contributed by atoms with Gasteiger partial charge in [-0.2, -0.15) is 5.10 Å². The van der Waals surface area contributed by atoms with Crippen LogP contribution in [0.15, 0.2) is 79.0 Å². The lowest BCUT2D eigenvalue weighted by Crippen LogP contribution is -2.35. The van der Waals surface area contributed by atoms with E-state index in [0.717, 1.165) is 24.5 Å². The number of ether oxygens (including phenoxy) is 1. The first-order chi connectivity index (χ1) is 21.8. The van der Waals surface area contributed by atoms with Crippen molar-refractivity contribution in [3.63, 3.8) is 0 Å². The van der Waals surface area contributed by atoms with Gasteiger partial charge in [0.05, 0.1) is 11.1 Å². The van der Waals surface area contributed by atoms with Crippen molar-refractivity contribution in [1.29, 1.82) is 0 Å². The number of carbonyl (C=O) groups is 3. The summed E-state index contributed by atoms with van der Waals surface area (Å²) in [6.07, 6.45) is 4.15. The van der Waals surface area contributed by atoms with Gasteiger partial charge in [-0.25, -0.2) is 13.8 Å². The van der Waals surface area contributed by atoms with Crippen molar-refractivity contribution in [2.75, 3.05) is 10.6 Å². The summed E-state index contributed by atoms with van der Waals surface area (Å²) < 4.78 is 34.4. The predicted octanol–water partition coefficient (Wildman–Crippen LogP) is 5.95. The van der Waals surface area contributed by atoms with Crippen molar-refractivity contribution in [3.05, 3.63) is 96.2 Å². The van der Waals surface area contributed by atoms with Gasteiger partial charge >= 0.3 is 0 Å². The zero-order chi connectivity index (χ0) is 31.1. The molecule has 12 heteroatoms. The van der Waals surface area contributed by atoms with Crippen molar-refractivity contribution in [2.24, 2.45) is 5.41 Å². The summed E-state index contributed by atoms with van der Waals surface area (Å²) in [4.78, 5) is 42.6. The minimum Gasteiger partial charge on any atom is -0.453 e. The lowest BCUT2D eigenvalue weighted by atomic mass is 10.0. The van der Waals surface area contributed by atoms with E-state index in [2.05, 4.69) is 31.1 Å². The number of pyridine rings is 1. The number of anilines is 2. The second-order valence-electron chi connectivity index (χ2n) is 11.2. The van der Waals surface area contributed by atoms with Gasteiger partial charge in [-0.3, -0.25) is 19.5 Å². The van der Waals surface area contributed by atoms with Gasteiger partial charge in [0.15, 0.2) is 17.2 Å². The fourth-order valence-corrected chi connectivity index (χ4v) is 4.99. The van der Waals surface area contributed by atoms with E-state index in [9.17, 15) is 18.8 Å². The first-order valence-electron chi connectivity index (χ1n) is 14.4. The van der Waals surface area contributed by atoms with Crippen LogP contribution in [0.1, 0.15) is 36.0 Å². The van der Waals surface area contributed by atoms with E-state index < -0.39 is 28.9 Å². The fraction of sp³-hybridized carbons (Fsp3) is 0.182. The minimum atomic E-state index is -1.29. The Morgan fingerprint density at radius 2 is 1.53 bits per heavy atom. The van der Waals surface area contributed by atoms with Gasteiger partial charge in [-0.1, -0.05) is 12.1 Å². The average molecular weight is 609 g/mol. The number of H-pyrrole nitrogens is 1. The van der Waals surface area contributed by atoms with Crippen LogP contribution in [-0.2, 0) is 9.59 Å². The largest absolute Gasteiger partial charge is 0.453 e. The molecule has 0 aliphatic heterocycles. The maximum absolute atomic E-state index is 15.3. The summed E-state index contributed by atoms with van der Waals surface area (Å²) >= 11 is 0. The molecular formula is C33H26F2N6O4. The molecule has 0 unspecified atom stereocenters. The van der Waals surface area contributed by atoms with Crippen LogP contribution in [0, 0.1) is 17.0 Å². The number of nitrogens with one attached hydrogen (secondary N) is 4. The molecule has 7 rings (SSSR count). The number of aromatic amines is 1. The van der Waals surface area contributed by atoms with E-state index in [-0.39, 0.29) is 23.4 Å². The maximum Gasteiger partial charge on any atom is 0.251 e. The molecule has 2 aliphatic carbocycles. The van der Waals surface area contributed by atoms with E-state index in [1.165, 1.54) is 42.6 Å². The monoisotopic (exact) mass is 608 g/mol. The van der Waals surface area contributed by atoms with Crippen LogP contribution < -0.4 is 20.7 Å². The van der Waals surface area contributed by atoms with Crippen LogP contribution in [-0.4, -0.2) is 38.9 Å². The third kappa shape index (κ3) is 5.69. The Morgan fingerprint density at radius 1 is 0.844 bits per heavy atom. The molecular weight excluding hydrogens is 582 g/mol. The summed E-state index contributed by atoms with van der Waals surface area (Å²) in [7, 11) is 0. The van der Waals surface area contributed by atoms with Gasteiger partial charge in [0, 0.05) is 40.8 Å². The van der Waals surface area contributed by atoms with Crippen LogP contribution in [0.5, 0.6) is 11.5 Å². The number of hydrogen-bond donors (Lipinski definition) is 4. The molecule has 0 atom stereocenters. The summed E-state index contributed by atoms with van der Waals surface area (Å²) in [5.74, 6) is -2.19. The molecule has 2 aromatic heterocycles. The molecule has 5 aromatic rings. The van der Waals surface area contributed by atoms with Crippen molar-refractivity contribution in [3.8, 4) is 22.8 Å². The quantitative estimate of drug-likeness (QED) is 0.153. The summed E-state index contributed by atoms with van der Waals surface area (Å²) in [5, 5.41) is 16.0. The molecule has 2 aliphatic rings. The van der Waals surface area contributed by atoms with Crippen LogP contribution >= 0.6 is 0 Å². The second-order valence-corrected chi connectivity index (χ2v) is 11.2. The molecule has 2 saturated carbocycles. The van der Waals surface area contributed by atoms with Gasteiger partial charge in [0.1, 0.15) is 17.0 Å². The first kappa shape index (κ1) is 28.1. The van der Waals surface area contributed by atoms with Crippen molar-refractivity contribution < 1.29 is 27.9 Å². The highest BCUT2D eigenvalue weighted by atomic mass is 19.1. The standard InChI is InChI=1S/C33H26F2N6O4/c34-20-5-7-22(8-6-20)38-31(43)33(14-15-33)32(44)39-23-11-12-25(24(35)17-23)45-26-13-16-36-29-27(26)28(40-41-29)18-1-3-19(4-2-18)30(42)37-21-9-10-21/h1-8,11-13,16-17,21H,9-10,14-15H2,(H,37,42)(H,38,43)(H,39,44)(H,36,40,41). The smallest absolute Gasteiger partial charge is 0.251 e.